The lowest BCUT2D eigenvalue weighted by Gasteiger charge is -2.30. The van der Waals surface area contributed by atoms with E-state index in [4.69, 9.17) is 10.5 Å². The van der Waals surface area contributed by atoms with Crippen LogP contribution >= 0.6 is 0 Å². The van der Waals surface area contributed by atoms with E-state index in [-0.39, 0.29) is 13.2 Å². The number of nitrogens with two attached hydrogens (primary N) is 1. The van der Waals surface area contributed by atoms with E-state index >= 15 is 0 Å². The van der Waals surface area contributed by atoms with Gasteiger partial charge in [-0.1, -0.05) is 30.3 Å². The first kappa shape index (κ1) is 17.5. The van der Waals surface area contributed by atoms with Gasteiger partial charge in [-0.15, -0.1) is 0 Å². The highest BCUT2D eigenvalue weighted by atomic mass is 19.4. The molecule has 21 heavy (non-hydrogen) atoms. The predicted molar refractivity (Wildman–Crippen MR) is 70.7 cm³/mol. The quantitative estimate of drug-likeness (QED) is 0.783. The number of carbonyl (C=O) groups excluding carboxylic acids is 1. The molecule has 0 aliphatic rings. The zero-order valence-corrected chi connectivity index (χ0v) is 11.7. The van der Waals surface area contributed by atoms with Crippen LogP contribution < -0.4 is 5.73 Å². The Kier molecular flexibility index (Phi) is 6.17. The molecule has 0 saturated heterocycles. The number of hydrogen-bond donors (Lipinski definition) is 1. The second-order valence-electron chi connectivity index (χ2n) is 4.48. The standard InChI is InChI=1S/C14H18F3NO3/c1-2-21-12(19)13(8-18,9-20-10-14(15,16)17)11-6-4-3-5-7-11/h3-7H,2,8-10,18H2,1H3. The van der Waals surface area contributed by atoms with Gasteiger partial charge in [0.25, 0.3) is 0 Å². The van der Waals surface area contributed by atoms with Crippen molar-refractivity contribution in [3.63, 3.8) is 0 Å². The summed E-state index contributed by atoms with van der Waals surface area (Å²) in [6.45, 7) is -0.437. The van der Waals surface area contributed by atoms with Gasteiger partial charge in [-0.05, 0) is 12.5 Å². The molecule has 0 saturated carbocycles. The summed E-state index contributed by atoms with van der Waals surface area (Å²) in [7, 11) is 0. The van der Waals surface area contributed by atoms with Gasteiger partial charge in [0.2, 0.25) is 0 Å². The maximum atomic E-state index is 12.2. The molecule has 1 atom stereocenters. The molecule has 1 aromatic carbocycles. The molecule has 0 aliphatic carbocycles. The SMILES string of the molecule is CCOC(=O)C(CN)(COCC(F)(F)F)c1ccccc1. The minimum Gasteiger partial charge on any atom is -0.465 e. The maximum Gasteiger partial charge on any atom is 0.411 e. The van der Waals surface area contributed by atoms with Crippen molar-refractivity contribution in [1.29, 1.82) is 0 Å². The van der Waals surface area contributed by atoms with Crippen LogP contribution in [0.25, 0.3) is 0 Å². The fraction of sp³-hybridized carbons (Fsp3) is 0.500. The van der Waals surface area contributed by atoms with Gasteiger partial charge in [0.15, 0.2) is 0 Å². The van der Waals surface area contributed by atoms with Crippen LogP contribution in [0.4, 0.5) is 13.2 Å². The smallest absolute Gasteiger partial charge is 0.411 e. The van der Waals surface area contributed by atoms with Crippen LogP contribution in [0.15, 0.2) is 30.3 Å². The molecule has 0 bridgehead atoms. The highest BCUT2D eigenvalue weighted by molar-refractivity contribution is 5.83. The summed E-state index contributed by atoms with van der Waals surface area (Å²) in [6.07, 6.45) is -4.47. The van der Waals surface area contributed by atoms with E-state index < -0.39 is 30.8 Å². The van der Waals surface area contributed by atoms with E-state index in [1.165, 1.54) is 0 Å². The summed E-state index contributed by atoms with van der Waals surface area (Å²) in [5, 5.41) is 0. The summed E-state index contributed by atoms with van der Waals surface area (Å²) in [4.78, 5) is 12.2. The number of benzene rings is 1. The first-order valence-corrected chi connectivity index (χ1v) is 6.43. The number of esters is 1. The molecule has 118 valence electrons. The third kappa shape index (κ3) is 4.71. The second-order valence-corrected chi connectivity index (χ2v) is 4.48. The number of carbonyl (C=O) groups is 1. The molecule has 0 spiro atoms. The van der Waals surface area contributed by atoms with E-state index in [9.17, 15) is 18.0 Å². The Morgan fingerprint density at radius 3 is 2.29 bits per heavy atom. The Labute approximate surface area is 121 Å². The van der Waals surface area contributed by atoms with Gasteiger partial charge in [0.1, 0.15) is 12.0 Å². The largest absolute Gasteiger partial charge is 0.465 e. The molecule has 7 heteroatoms. The molecule has 0 heterocycles. The van der Waals surface area contributed by atoms with Crippen LogP contribution in [0.3, 0.4) is 0 Å². The van der Waals surface area contributed by atoms with Crippen molar-refractivity contribution >= 4 is 5.97 Å². The number of alkyl halides is 3. The van der Waals surface area contributed by atoms with Gasteiger partial charge >= 0.3 is 12.1 Å². The Hall–Kier alpha value is -1.60. The van der Waals surface area contributed by atoms with Crippen molar-refractivity contribution in [2.45, 2.75) is 18.5 Å². The lowest BCUT2D eigenvalue weighted by molar-refractivity contribution is -0.182. The Bertz CT molecular complexity index is 451. The van der Waals surface area contributed by atoms with Crippen molar-refractivity contribution in [1.82, 2.24) is 0 Å². The topological polar surface area (TPSA) is 61.5 Å². The summed E-state index contributed by atoms with van der Waals surface area (Å²) in [5.41, 5.74) is 4.68. The maximum absolute atomic E-state index is 12.2. The van der Waals surface area contributed by atoms with Gasteiger partial charge < -0.3 is 15.2 Å². The van der Waals surface area contributed by atoms with Crippen molar-refractivity contribution in [3.05, 3.63) is 35.9 Å². The van der Waals surface area contributed by atoms with E-state index in [0.29, 0.717) is 5.56 Å². The number of ether oxygens (including phenoxy) is 2. The van der Waals surface area contributed by atoms with Crippen LogP contribution in [0.2, 0.25) is 0 Å². The van der Waals surface area contributed by atoms with Gasteiger partial charge in [-0.2, -0.15) is 13.2 Å². The van der Waals surface area contributed by atoms with Gasteiger partial charge in [0, 0.05) is 6.54 Å². The summed E-state index contributed by atoms with van der Waals surface area (Å²) in [5.74, 6) is -0.694. The minimum absolute atomic E-state index is 0.104. The molecule has 0 amide bonds. The number of hydrogen-bond acceptors (Lipinski definition) is 4. The van der Waals surface area contributed by atoms with Crippen LogP contribution in [0.1, 0.15) is 12.5 Å². The second kappa shape index (κ2) is 7.42. The van der Waals surface area contributed by atoms with Gasteiger partial charge in [-0.3, -0.25) is 4.79 Å². The number of halogens is 3. The first-order chi connectivity index (χ1) is 9.85. The number of rotatable bonds is 7. The van der Waals surface area contributed by atoms with Crippen LogP contribution in [-0.4, -0.2) is 38.5 Å². The monoisotopic (exact) mass is 305 g/mol. The normalized spacial score (nSPS) is 14.5. The summed E-state index contributed by atoms with van der Waals surface area (Å²) < 4.78 is 46.3. The van der Waals surface area contributed by atoms with Crippen molar-refractivity contribution < 1.29 is 27.4 Å². The summed E-state index contributed by atoms with van der Waals surface area (Å²) >= 11 is 0. The molecule has 0 fully saturated rings. The van der Waals surface area contributed by atoms with Gasteiger partial charge in [-0.25, -0.2) is 0 Å². The van der Waals surface area contributed by atoms with Crippen molar-refractivity contribution in [3.8, 4) is 0 Å². The van der Waals surface area contributed by atoms with Gasteiger partial charge in [0.05, 0.1) is 13.2 Å². The highest BCUT2D eigenvalue weighted by Crippen LogP contribution is 2.27. The molecule has 2 N–H and O–H groups in total. The van der Waals surface area contributed by atoms with Crippen LogP contribution in [0, 0.1) is 0 Å². The fourth-order valence-electron chi connectivity index (χ4n) is 1.89. The summed E-state index contributed by atoms with van der Waals surface area (Å²) in [6, 6.07) is 8.29. The zero-order valence-electron chi connectivity index (χ0n) is 11.7. The Morgan fingerprint density at radius 1 is 1.19 bits per heavy atom. The molecular weight excluding hydrogens is 287 g/mol. The van der Waals surface area contributed by atoms with E-state index in [1.54, 1.807) is 37.3 Å². The third-order valence-electron chi connectivity index (χ3n) is 2.96. The molecule has 0 aromatic heterocycles. The average molecular weight is 305 g/mol. The Morgan fingerprint density at radius 2 is 1.81 bits per heavy atom. The minimum atomic E-state index is -4.47. The molecule has 1 aromatic rings. The van der Waals surface area contributed by atoms with Crippen LogP contribution in [-0.2, 0) is 19.7 Å². The highest BCUT2D eigenvalue weighted by Gasteiger charge is 2.42. The van der Waals surface area contributed by atoms with Crippen LogP contribution in [0.5, 0.6) is 0 Å². The molecular formula is C14H18F3NO3. The third-order valence-corrected chi connectivity index (χ3v) is 2.96. The lowest BCUT2D eigenvalue weighted by Crippen LogP contribution is -2.48. The molecule has 1 unspecified atom stereocenters. The van der Waals surface area contributed by atoms with E-state index in [1.807, 2.05) is 0 Å². The fourth-order valence-corrected chi connectivity index (χ4v) is 1.89. The Balaban J connectivity index is 3.00. The van der Waals surface area contributed by atoms with Crippen molar-refractivity contribution in [2.24, 2.45) is 5.73 Å². The van der Waals surface area contributed by atoms with E-state index in [0.717, 1.165) is 0 Å². The van der Waals surface area contributed by atoms with E-state index in [2.05, 4.69) is 4.74 Å². The molecule has 1 rings (SSSR count). The molecule has 0 aliphatic heterocycles. The zero-order chi connectivity index (χ0) is 15.9. The van der Waals surface area contributed by atoms with Crippen molar-refractivity contribution in [2.75, 3.05) is 26.4 Å². The predicted octanol–water partition coefficient (Wildman–Crippen LogP) is 2.03. The lowest BCUT2D eigenvalue weighted by atomic mass is 9.81. The first-order valence-electron chi connectivity index (χ1n) is 6.43. The molecule has 0 radical (unpaired) electrons. The average Bonchev–Trinajstić information content (AvgIpc) is 2.44. The molecule has 4 nitrogen and oxygen atoms in total.